The molecule has 2 heteroatoms. The molecule has 0 aromatic heterocycles. The van der Waals surface area contributed by atoms with Crippen LogP contribution in [0.4, 0.5) is 0 Å². The fourth-order valence-electron chi connectivity index (χ4n) is 3.95. The van der Waals surface area contributed by atoms with Gasteiger partial charge in [0.1, 0.15) is 5.75 Å². The van der Waals surface area contributed by atoms with E-state index in [9.17, 15) is 4.79 Å². The van der Waals surface area contributed by atoms with Crippen LogP contribution in [0, 0.1) is 0 Å². The Balaban J connectivity index is 2.02. The first-order valence-electron chi connectivity index (χ1n) is 13.1. The second kappa shape index (κ2) is 19.6. The molecule has 0 bridgehead atoms. The van der Waals surface area contributed by atoms with E-state index in [-0.39, 0.29) is 5.97 Å². The lowest BCUT2D eigenvalue weighted by Gasteiger charge is -2.06. The van der Waals surface area contributed by atoms with E-state index in [1.54, 1.807) is 0 Å². The van der Waals surface area contributed by atoms with Crippen molar-refractivity contribution in [3.8, 4) is 5.75 Å². The van der Waals surface area contributed by atoms with Crippen molar-refractivity contribution in [2.24, 2.45) is 0 Å². The number of ether oxygens (including phenoxy) is 1. The van der Waals surface area contributed by atoms with E-state index in [0.717, 1.165) is 19.3 Å². The highest BCUT2D eigenvalue weighted by Gasteiger charge is 2.05. The molecule has 0 atom stereocenters. The highest BCUT2D eigenvalue weighted by atomic mass is 16.5. The molecule has 172 valence electrons. The number of carbonyl (C=O) groups excluding carboxylic acids is 1. The van der Waals surface area contributed by atoms with Crippen LogP contribution in [-0.4, -0.2) is 5.97 Å². The summed E-state index contributed by atoms with van der Waals surface area (Å²) < 4.78 is 5.48. The minimum atomic E-state index is -0.0917. The van der Waals surface area contributed by atoms with E-state index in [2.05, 4.69) is 26.0 Å². The molecule has 2 nitrogen and oxygen atoms in total. The van der Waals surface area contributed by atoms with Gasteiger partial charge in [0, 0.05) is 6.42 Å². The summed E-state index contributed by atoms with van der Waals surface area (Å²) in [5.41, 5.74) is 1.35. The molecular weight excluding hydrogens is 368 g/mol. The predicted molar refractivity (Wildman–Crippen MR) is 130 cm³/mol. The van der Waals surface area contributed by atoms with Crippen molar-refractivity contribution in [3.05, 3.63) is 29.8 Å². The Morgan fingerprint density at radius 1 is 0.600 bits per heavy atom. The lowest BCUT2D eigenvalue weighted by molar-refractivity contribution is -0.134. The molecule has 0 aliphatic heterocycles. The Morgan fingerprint density at radius 3 is 1.53 bits per heavy atom. The molecule has 0 radical (unpaired) electrons. The molecule has 30 heavy (non-hydrogen) atoms. The zero-order chi connectivity index (χ0) is 21.7. The summed E-state index contributed by atoms with van der Waals surface area (Å²) in [5.74, 6) is 0.598. The van der Waals surface area contributed by atoms with Crippen molar-refractivity contribution in [2.45, 2.75) is 136 Å². The molecule has 0 spiro atoms. The smallest absolute Gasteiger partial charge is 0.311 e. The van der Waals surface area contributed by atoms with Crippen molar-refractivity contribution in [3.63, 3.8) is 0 Å². The van der Waals surface area contributed by atoms with Gasteiger partial charge in [-0.25, -0.2) is 0 Å². The van der Waals surface area contributed by atoms with Crippen LogP contribution in [0.25, 0.3) is 0 Å². The molecule has 1 rings (SSSR count). The third kappa shape index (κ3) is 15.5. The van der Waals surface area contributed by atoms with Gasteiger partial charge >= 0.3 is 5.97 Å². The van der Waals surface area contributed by atoms with Gasteiger partial charge in [-0.2, -0.15) is 0 Å². The SMILES string of the molecule is CCCCCCCCCCCCc1ccc(OC(=O)CCCCCCCCC)cc1. The topological polar surface area (TPSA) is 26.3 Å². The van der Waals surface area contributed by atoms with E-state index < -0.39 is 0 Å². The molecule has 0 aliphatic rings. The highest BCUT2D eigenvalue weighted by molar-refractivity contribution is 5.72. The van der Waals surface area contributed by atoms with Crippen molar-refractivity contribution in [1.29, 1.82) is 0 Å². The number of aryl methyl sites for hydroxylation is 1. The van der Waals surface area contributed by atoms with E-state index in [1.165, 1.54) is 102 Å². The number of hydrogen-bond donors (Lipinski definition) is 0. The molecule has 0 unspecified atom stereocenters. The molecule has 1 aromatic rings. The second-order valence-corrected chi connectivity index (χ2v) is 8.92. The largest absolute Gasteiger partial charge is 0.427 e. The van der Waals surface area contributed by atoms with E-state index in [0.29, 0.717) is 12.2 Å². The van der Waals surface area contributed by atoms with Gasteiger partial charge in [-0.1, -0.05) is 122 Å². The third-order valence-electron chi connectivity index (χ3n) is 5.96. The van der Waals surface area contributed by atoms with Crippen molar-refractivity contribution < 1.29 is 9.53 Å². The van der Waals surface area contributed by atoms with Crippen LogP contribution >= 0.6 is 0 Å². The quantitative estimate of drug-likeness (QED) is 0.120. The van der Waals surface area contributed by atoms with Crippen LogP contribution in [0.15, 0.2) is 24.3 Å². The van der Waals surface area contributed by atoms with Crippen LogP contribution in [-0.2, 0) is 11.2 Å². The summed E-state index contributed by atoms with van der Waals surface area (Å²) in [6.45, 7) is 4.51. The first-order chi connectivity index (χ1) is 14.8. The van der Waals surface area contributed by atoms with E-state index >= 15 is 0 Å². The van der Waals surface area contributed by atoms with Crippen LogP contribution in [0.3, 0.4) is 0 Å². The van der Waals surface area contributed by atoms with Crippen molar-refractivity contribution in [1.82, 2.24) is 0 Å². The normalized spacial score (nSPS) is 11.0. The Labute approximate surface area is 187 Å². The monoisotopic (exact) mass is 416 g/mol. The predicted octanol–water partition coefficient (Wildman–Crippen LogP) is 9.20. The fraction of sp³-hybridized carbons (Fsp3) is 0.750. The van der Waals surface area contributed by atoms with Gasteiger partial charge in [-0.15, -0.1) is 0 Å². The van der Waals surface area contributed by atoms with Crippen LogP contribution in [0.2, 0.25) is 0 Å². The number of hydrogen-bond acceptors (Lipinski definition) is 2. The zero-order valence-corrected chi connectivity index (χ0v) is 20.1. The Bertz CT molecular complexity index is 506. The van der Waals surface area contributed by atoms with Gasteiger partial charge in [0.25, 0.3) is 0 Å². The lowest BCUT2D eigenvalue weighted by atomic mass is 10.0. The lowest BCUT2D eigenvalue weighted by Crippen LogP contribution is -2.07. The van der Waals surface area contributed by atoms with Gasteiger partial charge < -0.3 is 4.74 Å². The number of carbonyl (C=O) groups is 1. The average molecular weight is 417 g/mol. The van der Waals surface area contributed by atoms with Gasteiger partial charge in [-0.05, 0) is 37.0 Å². The number of benzene rings is 1. The Morgan fingerprint density at radius 2 is 1.03 bits per heavy atom. The maximum Gasteiger partial charge on any atom is 0.311 e. The molecule has 0 N–H and O–H groups in total. The molecular formula is C28H48O2. The number of rotatable bonds is 20. The Hall–Kier alpha value is -1.31. The summed E-state index contributed by atoms with van der Waals surface area (Å²) >= 11 is 0. The molecule has 0 aliphatic carbocycles. The molecule has 0 fully saturated rings. The maximum absolute atomic E-state index is 12.0. The van der Waals surface area contributed by atoms with Crippen LogP contribution < -0.4 is 4.74 Å². The zero-order valence-electron chi connectivity index (χ0n) is 20.1. The highest BCUT2D eigenvalue weighted by Crippen LogP contribution is 2.17. The minimum Gasteiger partial charge on any atom is -0.427 e. The number of esters is 1. The molecule has 1 aromatic carbocycles. The van der Waals surface area contributed by atoms with Gasteiger partial charge in [0.15, 0.2) is 0 Å². The molecule has 0 amide bonds. The summed E-state index contributed by atoms with van der Waals surface area (Å²) in [7, 11) is 0. The van der Waals surface area contributed by atoms with Crippen molar-refractivity contribution >= 4 is 5.97 Å². The van der Waals surface area contributed by atoms with Crippen LogP contribution in [0.5, 0.6) is 5.75 Å². The summed E-state index contributed by atoms with van der Waals surface area (Å²) in [5, 5.41) is 0. The van der Waals surface area contributed by atoms with Gasteiger partial charge in [0.2, 0.25) is 0 Å². The third-order valence-corrected chi connectivity index (χ3v) is 5.96. The van der Waals surface area contributed by atoms with E-state index in [1.807, 2.05) is 12.1 Å². The summed E-state index contributed by atoms with van der Waals surface area (Å²) in [4.78, 5) is 12.0. The molecule has 0 saturated heterocycles. The van der Waals surface area contributed by atoms with Gasteiger partial charge in [0.05, 0.1) is 0 Å². The first kappa shape index (κ1) is 26.7. The standard InChI is InChI=1S/C28H48O2/c1-3-5-7-9-11-12-13-15-16-18-20-26-22-24-27(25-23-26)30-28(29)21-19-17-14-10-8-6-4-2/h22-25H,3-21H2,1-2H3. The van der Waals surface area contributed by atoms with Crippen molar-refractivity contribution in [2.75, 3.05) is 0 Å². The maximum atomic E-state index is 12.0. The first-order valence-corrected chi connectivity index (χ1v) is 13.1. The average Bonchev–Trinajstić information content (AvgIpc) is 2.75. The summed E-state index contributed by atoms with van der Waals surface area (Å²) in [6, 6.07) is 8.14. The minimum absolute atomic E-state index is 0.0917. The van der Waals surface area contributed by atoms with Gasteiger partial charge in [-0.3, -0.25) is 4.79 Å². The fourth-order valence-corrected chi connectivity index (χ4v) is 3.95. The van der Waals surface area contributed by atoms with Crippen LogP contribution in [0.1, 0.15) is 135 Å². The van der Waals surface area contributed by atoms with E-state index in [4.69, 9.17) is 4.74 Å². The summed E-state index contributed by atoms with van der Waals surface area (Å²) in [6.07, 6.45) is 23.9. The second-order valence-electron chi connectivity index (χ2n) is 8.92. The molecule has 0 saturated carbocycles. The Kier molecular flexibility index (Phi) is 17.5. The number of unbranched alkanes of at least 4 members (excludes halogenated alkanes) is 15. The molecule has 0 heterocycles.